The first-order valence-corrected chi connectivity index (χ1v) is 6.56. The molecule has 3 nitrogen and oxygen atoms in total. The Hall–Kier alpha value is -0.870. The van der Waals surface area contributed by atoms with Crippen molar-refractivity contribution in [3.63, 3.8) is 0 Å². The SMILES string of the molecule is CCOC(=O)C(C)CNCCc1ccsc1. The van der Waals surface area contributed by atoms with Gasteiger partial charge in [-0.05, 0) is 42.3 Å². The van der Waals surface area contributed by atoms with Crippen molar-refractivity contribution in [2.75, 3.05) is 19.7 Å². The van der Waals surface area contributed by atoms with Gasteiger partial charge in [-0.25, -0.2) is 0 Å². The van der Waals surface area contributed by atoms with E-state index in [1.165, 1.54) is 5.56 Å². The number of ether oxygens (including phenoxy) is 1. The summed E-state index contributed by atoms with van der Waals surface area (Å²) in [6, 6.07) is 2.13. The third-order valence-corrected chi connectivity index (χ3v) is 3.04. The van der Waals surface area contributed by atoms with Gasteiger partial charge < -0.3 is 10.1 Å². The lowest BCUT2D eigenvalue weighted by Crippen LogP contribution is -2.29. The van der Waals surface area contributed by atoms with E-state index in [0.29, 0.717) is 13.2 Å². The Bertz CT molecular complexity index is 298. The Labute approximate surface area is 101 Å². The van der Waals surface area contributed by atoms with E-state index in [2.05, 4.69) is 22.1 Å². The smallest absolute Gasteiger partial charge is 0.309 e. The number of hydrogen-bond donors (Lipinski definition) is 1. The second-order valence-electron chi connectivity index (χ2n) is 3.74. The maximum absolute atomic E-state index is 11.3. The summed E-state index contributed by atoms with van der Waals surface area (Å²) in [7, 11) is 0. The van der Waals surface area contributed by atoms with Crippen molar-refractivity contribution in [3.05, 3.63) is 22.4 Å². The molecular weight excluding hydrogens is 222 g/mol. The van der Waals surface area contributed by atoms with E-state index in [4.69, 9.17) is 4.74 Å². The third kappa shape index (κ3) is 4.77. The zero-order chi connectivity index (χ0) is 11.8. The third-order valence-electron chi connectivity index (χ3n) is 2.31. The molecule has 90 valence electrons. The molecule has 0 saturated heterocycles. The lowest BCUT2D eigenvalue weighted by Gasteiger charge is -2.11. The monoisotopic (exact) mass is 241 g/mol. The highest BCUT2D eigenvalue weighted by molar-refractivity contribution is 7.07. The Balaban J connectivity index is 2.08. The molecule has 1 N–H and O–H groups in total. The number of nitrogens with one attached hydrogen (secondary N) is 1. The fourth-order valence-electron chi connectivity index (χ4n) is 1.35. The molecular formula is C12H19NO2S. The van der Waals surface area contributed by atoms with Crippen LogP contribution in [0.25, 0.3) is 0 Å². The topological polar surface area (TPSA) is 38.3 Å². The molecule has 1 aromatic heterocycles. The zero-order valence-electron chi connectivity index (χ0n) is 9.86. The molecule has 0 aliphatic carbocycles. The predicted molar refractivity (Wildman–Crippen MR) is 66.7 cm³/mol. The maximum Gasteiger partial charge on any atom is 0.309 e. The van der Waals surface area contributed by atoms with Gasteiger partial charge in [0.15, 0.2) is 0 Å². The van der Waals surface area contributed by atoms with Crippen LogP contribution in [0.4, 0.5) is 0 Å². The number of esters is 1. The van der Waals surface area contributed by atoms with Crippen LogP contribution < -0.4 is 5.32 Å². The van der Waals surface area contributed by atoms with Crippen LogP contribution in [0.1, 0.15) is 19.4 Å². The van der Waals surface area contributed by atoms with Gasteiger partial charge in [-0.2, -0.15) is 11.3 Å². The highest BCUT2D eigenvalue weighted by atomic mass is 32.1. The molecule has 0 aromatic carbocycles. The average Bonchev–Trinajstić information content (AvgIpc) is 2.77. The van der Waals surface area contributed by atoms with Gasteiger partial charge in [0.25, 0.3) is 0 Å². The summed E-state index contributed by atoms with van der Waals surface area (Å²) in [4.78, 5) is 11.3. The number of thiophene rings is 1. The summed E-state index contributed by atoms with van der Waals surface area (Å²) < 4.78 is 4.93. The minimum absolute atomic E-state index is 0.0672. The molecule has 4 heteroatoms. The summed E-state index contributed by atoms with van der Waals surface area (Å²) in [6.07, 6.45) is 1.01. The molecule has 0 bridgehead atoms. The first-order chi connectivity index (χ1) is 7.74. The van der Waals surface area contributed by atoms with Gasteiger partial charge >= 0.3 is 5.97 Å². The minimum atomic E-state index is -0.120. The van der Waals surface area contributed by atoms with Crippen LogP contribution >= 0.6 is 11.3 Å². The first kappa shape index (κ1) is 13.2. The summed E-state index contributed by atoms with van der Waals surface area (Å²) in [5, 5.41) is 7.50. The fourth-order valence-corrected chi connectivity index (χ4v) is 2.06. The molecule has 0 spiro atoms. The molecule has 0 saturated carbocycles. The van der Waals surface area contributed by atoms with Gasteiger partial charge in [-0.15, -0.1) is 0 Å². The van der Waals surface area contributed by atoms with Gasteiger partial charge in [0.2, 0.25) is 0 Å². The van der Waals surface area contributed by atoms with Crippen LogP contribution in [0.15, 0.2) is 16.8 Å². The van der Waals surface area contributed by atoms with Gasteiger partial charge in [0.05, 0.1) is 12.5 Å². The van der Waals surface area contributed by atoms with Gasteiger partial charge in [-0.1, -0.05) is 6.92 Å². The molecule has 1 aromatic rings. The normalized spacial score (nSPS) is 12.4. The van der Waals surface area contributed by atoms with Gasteiger partial charge in [-0.3, -0.25) is 4.79 Å². The van der Waals surface area contributed by atoms with Crippen molar-refractivity contribution < 1.29 is 9.53 Å². The molecule has 1 unspecified atom stereocenters. The maximum atomic E-state index is 11.3. The predicted octanol–water partition coefficient (Wildman–Crippen LogP) is 2.08. The molecule has 0 fully saturated rings. The highest BCUT2D eigenvalue weighted by Crippen LogP contribution is 2.05. The molecule has 16 heavy (non-hydrogen) atoms. The Morgan fingerprint density at radius 2 is 2.44 bits per heavy atom. The summed E-state index contributed by atoms with van der Waals surface area (Å²) >= 11 is 1.71. The van der Waals surface area contributed by atoms with E-state index >= 15 is 0 Å². The van der Waals surface area contributed by atoms with E-state index in [1.54, 1.807) is 11.3 Å². The Morgan fingerprint density at radius 3 is 3.06 bits per heavy atom. The number of rotatable bonds is 7. The molecule has 0 amide bonds. The van der Waals surface area contributed by atoms with E-state index in [9.17, 15) is 4.79 Å². The van der Waals surface area contributed by atoms with E-state index in [-0.39, 0.29) is 11.9 Å². The quantitative estimate of drug-likeness (QED) is 0.587. The summed E-state index contributed by atoms with van der Waals surface area (Å²) in [5.41, 5.74) is 1.35. The first-order valence-electron chi connectivity index (χ1n) is 5.62. The summed E-state index contributed by atoms with van der Waals surface area (Å²) in [5.74, 6) is -0.187. The van der Waals surface area contributed by atoms with Crippen molar-refractivity contribution in [3.8, 4) is 0 Å². The van der Waals surface area contributed by atoms with Crippen LogP contribution in [-0.4, -0.2) is 25.7 Å². The summed E-state index contributed by atoms with van der Waals surface area (Å²) in [6.45, 7) is 5.76. The highest BCUT2D eigenvalue weighted by Gasteiger charge is 2.12. The van der Waals surface area contributed by atoms with Crippen molar-refractivity contribution in [2.45, 2.75) is 20.3 Å². The van der Waals surface area contributed by atoms with Crippen LogP contribution in [0.3, 0.4) is 0 Å². The fraction of sp³-hybridized carbons (Fsp3) is 0.583. The van der Waals surface area contributed by atoms with Gasteiger partial charge in [0, 0.05) is 6.54 Å². The molecule has 1 heterocycles. The molecule has 0 aliphatic heterocycles. The largest absolute Gasteiger partial charge is 0.466 e. The molecule has 1 rings (SSSR count). The lowest BCUT2D eigenvalue weighted by atomic mass is 10.2. The molecule has 0 aliphatic rings. The van der Waals surface area contributed by atoms with Crippen molar-refractivity contribution in [2.24, 2.45) is 5.92 Å². The Morgan fingerprint density at radius 1 is 1.62 bits per heavy atom. The van der Waals surface area contributed by atoms with Crippen molar-refractivity contribution in [1.82, 2.24) is 5.32 Å². The van der Waals surface area contributed by atoms with Crippen LogP contribution in [0, 0.1) is 5.92 Å². The second-order valence-corrected chi connectivity index (χ2v) is 4.52. The van der Waals surface area contributed by atoms with E-state index < -0.39 is 0 Å². The molecule has 0 radical (unpaired) electrons. The van der Waals surface area contributed by atoms with Crippen molar-refractivity contribution >= 4 is 17.3 Å². The van der Waals surface area contributed by atoms with Crippen molar-refractivity contribution in [1.29, 1.82) is 0 Å². The van der Waals surface area contributed by atoms with Crippen LogP contribution in [0.2, 0.25) is 0 Å². The lowest BCUT2D eigenvalue weighted by molar-refractivity contribution is -0.147. The zero-order valence-corrected chi connectivity index (χ0v) is 10.7. The van der Waals surface area contributed by atoms with Crippen LogP contribution in [0.5, 0.6) is 0 Å². The van der Waals surface area contributed by atoms with E-state index in [1.807, 2.05) is 13.8 Å². The number of carbonyl (C=O) groups is 1. The number of carbonyl (C=O) groups excluding carboxylic acids is 1. The van der Waals surface area contributed by atoms with E-state index in [0.717, 1.165) is 13.0 Å². The Kier molecular flexibility index (Phi) is 6.11. The van der Waals surface area contributed by atoms with Crippen LogP contribution in [-0.2, 0) is 16.0 Å². The standard InChI is InChI=1S/C12H19NO2S/c1-3-15-12(14)10(2)8-13-6-4-11-5-7-16-9-11/h5,7,9-10,13H,3-4,6,8H2,1-2H3. The second kappa shape index (κ2) is 7.41. The number of hydrogen-bond acceptors (Lipinski definition) is 4. The molecule has 1 atom stereocenters. The minimum Gasteiger partial charge on any atom is -0.466 e. The average molecular weight is 241 g/mol. The van der Waals surface area contributed by atoms with Gasteiger partial charge in [0.1, 0.15) is 0 Å².